The van der Waals surface area contributed by atoms with Crippen LogP contribution in [0.3, 0.4) is 0 Å². The van der Waals surface area contributed by atoms with Crippen molar-refractivity contribution in [1.82, 2.24) is 4.72 Å². The first-order chi connectivity index (χ1) is 10.2. The molecule has 0 amide bonds. The van der Waals surface area contributed by atoms with E-state index < -0.39 is 37.8 Å². The summed E-state index contributed by atoms with van der Waals surface area (Å²) >= 11 is 0. The van der Waals surface area contributed by atoms with E-state index in [1.165, 1.54) is 0 Å². The van der Waals surface area contributed by atoms with Gasteiger partial charge in [-0.3, -0.25) is 0 Å². The Labute approximate surface area is 128 Å². The van der Waals surface area contributed by atoms with E-state index in [4.69, 9.17) is 5.11 Å². The normalized spacial score (nSPS) is 12.6. The molecule has 0 heterocycles. The van der Waals surface area contributed by atoms with Crippen molar-refractivity contribution in [3.63, 3.8) is 0 Å². The van der Waals surface area contributed by atoms with Gasteiger partial charge in [-0.2, -0.15) is 0 Å². The summed E-state index contributed by atoms with van der Waals surface area (Å²) in [6.07, 6.45) is 1.59. The van der Waals surface area contributed by atoms with E-state index in [-0.39, 0.29) is 19.2 Å². The van der Waals surface area contributed by atoms with Crippen LogP contribution in [-0.4, -0.2) is 26.7 Å². The Bertz CT molecular complexity index is 616. The average Bonchev–Trinajstić information content (AvgIpc) is 2.47. The molecule has 4 nitrogen and oxygen atoms in total. The van der Waals surface area contributed by atoms with E-state index in [9.17, 15) is 21.6 Å². The summed E-state index contributed by atoms with van der Waals surface area (Å²) in [6, 6.07) is 0.517. The predicted molar refractivity (Wildman–Crippen MR) is 76.2 cm³/mol. The second kappa shape index (κ2) is 7.43. The molecule has 0 atom stereocenters. The van der Waals surface area contributed by atoms with Crippen LogP contribution in [0.15, 0.2) is 17.0 Å². The zero-order chi connectivity index (χ0) is 17.0. The quantitative estimate of drug-likeness (QED) is 0.716. The Kier molecular flexibility index (Phi) is 6.39. The van der Waals surface area contributed by atoms with Gasteiger partial charge in [0, 0.05) is 19.2 Å². The lowest BCUT2D eigenvalue weighted by molar-refractivity contribution is 0.170. The number of rotatable bonds is 8. The third-order valence-electron chi connectivity index (χ3n) is 4.04. The van der Waals surface area contributed by atoms with Gasteiger partial charge in [0.1, 0.15) is 10.7 Å². The van der Waals surface area contributed by atoms with E-state index in [1.807, 2.05) is 13.8 Å². The molecule has 1 rings (SSSR count). The smallest absolute Gasteiger partial charge is 0.243 e. The molecule has 0 aliphatic rings. The molecule has 22 heavy (non-hydrogen) atoms. The number of aliphatic hydroxyl groups is 1. The van der Waals surface area contributed by atoms with Crippen LogP contribution in [-0.2, 0) is 10.0 Å². The van der Waals surface area contributed by atoms with Crippen molar-refractivity contribution in [3.8, 4) is 0 Å². The van der Waals surface area contributed by atoms with Gasteiger partial charge in [0.05, 0.1) is 0 Å². The third-order valence-corrected chi connectivity index (χ3v) is 5.46. The van der Waals surface area contributed by atoms with Gasteiger partial charge in [-0.25, -0.2) is 26.3 Å². The fraction of sp³-hybridized carbons (Fsp3) is 0.571. The number of hydrogen-bond acceptors (Lipinski definition) is 3. The van der Waals surface area contributed by atoms with Gasteiger partial charge in [0.25, 0.3) is 0 Å². The van der Waals surface area contributed by atoms with Crippen molar-refractivity contribution in [2.45, 2.75) is 38.0 Å². The number of hydrogen-bond donors (Lipinski definition) is 2. The first-order valence-corrected chi connectivity index (χ1v) is 8.44. The van der Waals surface area contributed by atoms with E-state index in [0.717, 1.165) is 0 Å². The Morgan fingerprint density at radius 2 is 1.64 bits per heavy atom. The molecule has 1 aromatic carbocycles. The first-order valence-electron chi connectivity index (χ1n) is 6.96. The summed E-state index contributed by atoms with van der Waals surface area (Å²) < 4.78 is 66.0. The first kappa shape index (κ1) is 18.9. The van der Waals surface area contributed by atoms with Crippen LogP contribution >= 0.6 is 0 Å². The summed E-state index contributed by atoms with van der Waals surface area (Å²) in [5, 5.41) is 9.09. The zero-order valence-electron chi connectivity index (χ0n) is 12.5. The van der Waals surface area contributed by atoms with Crippen molar-refractivity contribution in [1.29, 1.82) is 0 Å². The maximum absolute atomic E-state index is 13.6. The molecular formula is C14H20F3NO3S. The summed E-state index contributed by atoms with van der Waals surface area (Å²) in [5.74, 6) is -4.24. The number of halogens is 3. The van der Waals surface area contributed by atoms with Crippen molar-refractivity contribution in [3.05, 3.63) is 29.6 Å². The van der Waals surface area contributed by atoms with Gasteiger partial charge < -0.3 is 5.11 Å². The molecule has 0 fully saturated rings. The van der Waals surface area contributed by atoms with Crippen LogP contribution in [0.1, 0.15) is 33.1 Å². The lowest BCUT2D eigenvalue weighted by Gasteiger charge is -2.31. The molecule has 0 bridgehead atoms. The fourth-order valence-corrected chi connectivity index (χ4v) is 3.44. The highest BCUT2D eigenvalue weighted by molar-refractivity contribution is 7.89. The standard InChI is InChI=1S/C14H20F3NO3S/c1-3-14(4-2,5-6-19)9-18-22(20,21)13-8-11(16)10(15)7-12(13)17/h7-8,18-19H,3-6,9H2,1-2H3. The Morgan fingerprint density at radius 1 is 1.09 bits per heavy atom. The third kappa shape index (κ3) is 4.21. The highest BCUT2D eigenvalue weighted by Gasteiger charge is 2.29. The molecule has 0 aliphatic carbocycles. The van der Waals surface area contributed by atoms with Crippen LogP contribution in [0, 0.1) is 22.9 Å². The van der Waals surface area contributed by atoms with Crippen LogP contribution in [0.25, 0.3) is 0 Å². The van der Waals surface area contributed by atoms with Crippen LogP contribution in [0.5, 0.6) is 0 Å². The van der Waals surface area contributed by atoms with Crippen LogP contribution in [0.2, 0.25) is 0 Å². The number of sulfonamides is 1. The topological polar surface area (TPSA) is 66.4 Å². The van der Waals surface area contributed by atoms with Gasteiger partial charge in [-0.15, -0.1) is 0 Å². The maximum Gasteiger partial charge on any atom is 0.243 e. The number of aliphatic hydroxyl groups excluding tert-OH is 1. The molecule has 0 saturated heterocycles. The largest absolute Gasteiger partial charge is 0.396 e. The minimum atomic E-state index is -4.32. The molecule has 0 spiro atoms. The fourth-order valence-electron chi connectivity index (χ4n) is 2.22. The molecule has 0 radical (unpaired) electrons. The molecule has 1 aromatic rings. The highest BCUT2D eigenvalue weighted by atomic mass is 32.2. The molecule has 0 unspecified atom stereocenters. The summed E-state index contributed by atoms with van der Waals surface area (Å²) in [4.78, 5) is -0.934. The van der Waals surface area contributed by atoms with Gasteiger partial charge >= 0.3 is 0 Å². The molecular weight excluding hydrogens is 319 g/mol. The van der Waals surface area contributed by atoms with Crippen LogP contribution < -0.4 is 4.72 Å². The van der Waals surface area contributed by atoms with Gasteiger partial charge in [-0.1, -0.05) is 13.8 Å². The van der Waals surface area contributed by atoms with E-state index in [1.54, 1.807) is 0 Å². The highest BCUT2D eigenvalue weighted by Crippen LogP contribution is 2.30. The summed E-state index contributed by atoms with van der Waals surface area (Å²) in [6.45, 7) is 3.57. The predicted octanol–water partition coefficient (Wildman–Crippen LogP) is 2.57. The number of nitrogens with one attached hydrogen (secondary N) is 1. The van der Waals surface area contributed by atoms with Gasteiger partial charge in [-0.05, 0) is 30.7 Å². The van der Waals surface area contributed by atoms with Gasteiger partial charge in [0.2, 0.25) is 10.0 Å². The molecule has 0 saturated carbocycles. The molecule has 0 aromatic heterocycles. The zero-order valence-corrected chi connectivity index (χ0v) is 13.3. The SMILES string of the molecule is CCC(CC)(CCO)CNS(=O)(=O)c1cc(F)c(F)cc1F. The van der Waals surface area contributed by atoms with E-state index >= 15 is 0 Å². The van der Waals surface area contributed by atoms with Crippen molar-refractivity contribution < 1.29 is 26.7 Å². The Morgan fingerprint density at radius 3 is 2.14 bits per heavy atom. The second-order valence-corrected chi connectivity index (χ2v) is 6.94. The minimum Gasteiger partial charge on any atom is -0.396 e. The molecule has 8 heteroatoms. The average molecular weight is 339 g/mol. The van der Waals surface area contributed by atoms with Gasteiger partial charge in [0.15, 0.2) is 11.6 Å². The lowest BCUT2D eigenvalue weighted by Crippen LogP contribution is -2.38. The van der Waals surface area contributed by atoms with Crippen molar-refractivity contribution in [2.24, 2.45) is 5.41 Å². The summed E-state index contributed by atoms with van der Waals surface area (Å²) in [5.41, 5.74) is -0.475. The minimum absolute atomic E-state index is 0.0265. The van der Waals surface area contributed by atoms with Crippen molar-refractivity contribution >= 4 is 10.0 Å². The molecule has 2 N–H and O–H groups in total. The summed E-state index contributed by atoms with van der Waals surface area (Å²) in [7, 11) is -4.32. The van der Waals surface area contributed by atoms with E-state index in [2.05, 4.69) is 4.72 Å². The Balaban J connectivity index is 3.04. The lowest BCUT2D eigenvalue weighted by atomic mass is 9.80. The monoisotopic (exact) mass is 339 g/mol. The Hall–Kier alpha value is -1.12. The number of benzene rings is 1. The maximum atomic E-state index is 13.6. The second-order valence-electron chi connectivity index (χ2n) is 5.20. The van der Waals surface area contributed by atoms with Crippen LogP contribution in [0.4, 0.5) is 13.2 Å². The van der Waals surface area contributed by atoms with Crippen molar-refractivity contribution in [2.75, 3.05) is 13.2 Å². The van der Waals surface area contributed by atoms with E-state index in [0.29, 0.717) is 25.3 Å². The molecule has 0 aliphatic heterocycles. The molecule has 126 valence electrons.